The second-order valence-electron chi connectivity index (χ2n) is 5.30. The number of furan rings is 1. The topological polar surface area (TPSA) is 63.7 Å². The number of fused-ring (bicyclic) bond motifs is 1. The van der Waals surface area contributed by atoms with Crippen LogP contribution in [0.1, 0.15) is 21.9 Å². The first-order valence-electron chi connectivity index (χ1n) is 6.98. The zero-order valence-corrected chi connectivity index (χ0v) is 14.2. The Morgan fingerprint density at radius 1 is 1.17 bits per heavy atom. The molecule has 2 heterocycles. The highest BCUT2D eigenvalue weighted by molar-refractivity contribution is 9.10. The second kappa shape index (κ2) is 6.04. The molecule has 2 aromatic heterocycles. The normalized spacial score (nSPS) is 10.9. The Bertz CT molecular complexity index is 941. The molecule has 0 unspecified atom stereocenters. The van der Waals surface area contributed by atoms with Crippen molar-refractivity contribution in [3.63, 3.8) is 0 Å². The molecule has 6 heteroatoms. The summed E-state index contributed by atoms with van der Waals surface area (Å²) in [5, 5.41) is 0.685. The summed E-state index contributed by atoms with van der Waals surface area (Å²) in [5.74, 6) is 1.02. The fraction of sp³-hybridized carbons (Fsp3) is 0.176. The lowest BCUT2D eigenvalue weighted by Gasteiger charge is -2.15. The molecule has 0 aliphatic heterocycles. The number of aryl methyl sites for hydroxylation is 1. The minimum atomic E-state index is -0.646. The zero-order chi connectivity index (χ0) is 16.6. The maximum Gasteiger partial charge on any atom is 0.349 e. The van der Waals surface area contributed by atoms with E-state index in [1.807, 2.05) is 13.0 Å². The third kappa shape index (κ3) is 3.22. The first-order valence-corrected chi connectivity index (χ1v) is 7.77. The molecule has 1 amide bonds. The van der Waals surface area contributed by atoms with Crippen LogP contribution in [0.5, 0.6) is 0 Å². The summed E-state index contributed by atoms with van der Waals surface area (Å²) in [5.41, 5.74) is -0.201. The summed E-state index contributed by atoms with van der Waals surface area (Å²) < 4.78 is 11.5. The van der Waals surface area contributed by atoms with Crippen LogP contribution < -0.4 is 5.63 Å². The SMILES string of the molecule is Cc1ccc(CN(C)C(=O)c2cc3cc(Br)ccc3oc2=O)o1. The Kier molecular flexibility index (Phi) is 4.09. The van der Waals surface area contributed by atoms with Gasteiger partial charge in [0, 0.05) is 16.9 Å². The summed E-state index contributed by atoms with van der Waals surface area (Å²) >= 11 is 3.36. The number of halogens is 1. The van der Waals surface area contributed by atoms with Crippen molar-refractivity contribution in [2.24, 2.45) is 0 Å². The predicted molar refractivity (Wildman–Crippen MR) is 89.4 cm³/mol. The second-order valence-corrected chi connectivity index (χ2v) is 6.22. The van der Waals surface area contributed by atoms with E-state index < -0.39 is 11.5 Å². The number of hydrogen-bond donors (Lipinski definition) is 0. The zero-order valence-electron chi connectivity index (χ0n) is 12.6. The largest absolute Gasteiger partial charge is 0.464 e. The van der Waals surface area contributed by atoms with Crippen molar-refractivity contribution in [3.8, 4) is 0 Å². The molecule has 1 aromatic carbocycles. The van der Waals surface area contributed by atoms with E-state index in [2.05, 4.69) is 15.9 Å². The van der Waals surface area contributed by atoms with Gasteiger partial charge in [-0.05, 0) is 43.3 Å². The van der Waals surface area contributed by atoms with E-state index in [1.165, 1.54) is 4.90 Å². The Hall–Kier alpha value is -2.34. The monoisotopic (exact) mass is 375 g/mol. The maximum absolute atomic E-state index is 12.5. The van der Waals surface area contributed by atoms with E-state index >= 15 is 0 Å². The fourth-order valence-electron chi connectivity index (χ4n) is 2.32. The van der Waals surface area contributed by atoms with Gasteiger partial charge in [0.1, 0.15) is 22.7 Å². The highest BCUT2D eigenvalue weighted by atomic mass is 79.9. The molecule has 0 saturated heterocycles. The fourth-order valence-corrected chi connectivity index (χ4v) is 2.70. The average Bonchev–Trinajstić information content (AvgIpc) is 2.91. The van der Waals surface area contributed by atoms with Crippen LogP contribution in [0.3, 0.4) is 0 Å². The van der Waals surface area contributed by atoms with E-state index in [0.717, 1.165) is 10.2 Å². The van der Waals surface area contributed by atoms with Gasteiger partial charge in [0.15, 0.2) is 0 Å². The van der Waals surface area contributed by atoms with Crippen molar-refractivity contribution in [2.45, 2.75) is 13.5 Å². The summed E-state index contributed by atoms with van der Waals surface area (Å²) in [6.45, 7) is 2.11. The minimum Gasteiger partial charge on any atom is -0.464 e. The molecule has 5 nitrogen and oxygen atoms in total. The summed E-state index contributed by atoms with van der Waals surface area (Å²) in [6, 6.07) is 10.4. The number of carbonyl (C=O) groups excluding carboxylic acids is 1. The van der Waals surface area contributed by atoms with Gasteiger partial charge in [-0.1, -0.05) is 15.9 Å². The van der Waals surface area contributed by atoms with Crippen molar-refractivity contribution < 1.29 is 13.6 Å². The van der Waals surface area contributed by atoms with E-state index in [9.17, 15) is 9.59 Å². The number of benzene rings is 1. The van der Waals surface area contributed by atoms with Crippen molar-refractivity contribution in [1.82, 2.24) is 4.90 Å². The molecule has 0 radical (unpaired) electrons. The van der Waals surface area contributed by atoms with E-state index in [1.54, 1.807) is 37.4 Å². The maximum atomic E-state index is 12.5. The predicted octanol–water partition coefficient (Wildman–Crippen LogP) is 3.73. The van der Waals surface area contributed by atoms with Gasteiger partial charge in [-0.2, -0.15) is 0 Å². The van der Waals surface area contributed by atoms with E-state index in [-0.39, 0.29) is 12.1 Å². The average molecular weight is 376 g/mol. The van der Waals surface area contributed by atoms with Crippen molar-refractivity contribution in [1.29, 1.82) is 0 Å². The van der Waals surface area contributed by atoms with Crippen LogP contribution in [0, 0.1) is 6.92 Å². The summed E-state index contributed by atoms with van der Waals surface area (Å²) in [6.07, 6.45) is 0. The third-order valence-corrected chi connectivity index (χ3v) is 3.95. The Balaban J connectivity index is 1.93. The standard InChI is InChI=1S/C17H14BrNO4/c1-10-3-5-13(22-10)9-19(2)16(20)14-8-11-7-12(18)4-6-15(11)23-17(14)21/h3-8H,9H2,1-2H3. The molecule has 0 saturated carbocycles. The lowest BCUT2D eigenvalue weighted by Crippen LogP contribution is -2.30. The Labute approximate surface area is 140 Å². The van der Waals surface area contributed by atoms with Crippen molar-refractivity contribution in [3.05, 3.63) is 68.4 Å². The third-order valence-electron chi connectivity index (χ3n) is 3.46. The smallest absolute Gasteiger partial charge is 0.349 e. The molecular weight excluding hydrogens is 362 g/mol. The van der Waals surface area contributed by atoms with E-state index in [0.29, 0.717) is 16.7 Å². The van der Waals surface area contributed by atoms with Crippen LogP contribution in [-0.4, -0.2) is 17.9 Å². The molecule has 0 aliphatic rings. The van der Waals surface area contributed by atoms with Crippen LogP contribution in [0.25, 0.3) is 11.0 Å². The van der Waals surface area contributed by atoms with Crippen LogP contribution in [0.4, 0.5) is 0 Å². The first-order chi connectivity index (χ1) is 10.9. The van der Waals surface area contributed by atoms with Crippen LogP contribution >= 0.6 is 15.9 Å². The van der Waals surface area contributed by atoms with E-state index in [4.69, 9.17) is 8.83 Å². The van der Waals surface area contributed by atoms with Crippen LogP contribution in [0.2, 0.25) is 0 Å². The van der Waals surface area contributed by atoms with Gasteiger partial charge in [0.05, 0.1) is 6.54 Å². The highest BCUT2D eigenvalue weighted by Crippen LogP contribution is 2.20. The molecule has 23 heavy (non-hydrogen) atoms. The summed E-state index contributed by atoms with van der Waals surface area (Å²) in [7, 11) is 1.62. The van der Waals surface area contributed by atoms with Gasteiger partial charge in [-0.25, -0.2) is 4.79 Å². The molecule has 0 N–H and O–H groups in total. The molecular formula is C17H14BrNO4. The van der Waals surface area contributed by atoms with Gasteiger partial charge >= 0.3 is 5.63 Å². The van der Waals surface area contributed by atoms with Gasteiger partial charge in [0.2, 0.25) is 0 Å². The lowest BCUT2D eigenvalue weighted by molar-refractivity contribution is 0.0771. The molecule has 118 valence electrons. The molecule has 3 aromatic rings. The van der Waals surface area contributed by atoms with Gasteiger partial charge in [-0.3, -0.25) is 4.79 Å². The number of amides is 1. The summed E-state index contributed by atoms with van der Waals surface area (Å²) in [4.78, 5) is 26.0. The number of carbonyl (C=O) groups is 1. The number of nitrogens with zero attached hydrogens (tertiary/aromatic N) is 1. The molecule has 0 aliphatic carbocycles. The van der Waals surface area contributed by atoms with Crippen molar-refractivity contribution >= 4 is 32.8 Å². The van der Waals surface area contributed by atoms with Crippen LogP contribution in [0.15, 0.2) is 54.5 Å². The first kappa shape index (κ1) is 15.6. The Morgan fingerprint density at radius 3 is 2.65 bits per heavy atom. The van der Waals surface area contributed by atoms with Gasteiger partial charge in [-0.15, -0.1) is 0 Å². The highest BCUT2D eigenvalue weighted by Gasteiger charge is 2.19. The van der Waals surface area contributed by atoms with Gasteiger partial charge < -0.3 is 13.7 Å². The number of hydrogen-bond acceptors (Lipinski definition) is 4. The van der Waals surface area contributed by atoms with Crippen LogP contribution in [-0.2, 0) is 6.54 Å². The van der Waals surface area contributed by atoms with Gasteiger partial charge in [0.25, 0.3) is 5.91 Å². The molecule has 0 spiro atoms. The minimum absolute atomic E-state index is 0.00128. The van der Waals surface area contributed by atoms with Crippen molar-refractivity contribution in [2.75, 3.05) is 7.05 Å². The number of rotatable bonds is 3. The molecule has 0 bridgehead atoms. The lowest BCUT2D eigenvalue weighted by atomic mass is 10.1. The molecule has 3 rings (SSSR count). The quantitative estimate of drug-likeness (QED) is 0.654. The molecule has 0 atom stereocenters. The molecule has 0 fully saturated rings. The Morgan fingerprint density at radius 2 is 1.96 bits per heavy atom.